The predicted molar refractivity (Wildman–Crippen MR) is 61.3 cm³/mol. The number of carbonyl (C=O) groups is 1. The average molecular weight is 230 g/mol. The van der Waals surface area contributed by atoms with Crippen LogP contribution >= 0.6 is 0 Å². The highest BCUT2D eigenvalue weighted by Crippen LogP contribution is 2.14. The normalized spacial score (nSPS) is 31.0. The molecule has 0 amide bonds. The number of rotatable bonds is 4. The monoisotopic (exact) mass is 230 g/mol. The molecule has 5 nitrogen and oxygen atoms in total. The third-order valence-electron chi connectivity index (χ3n) is 3.14. The van der Waals surface area contributed by atoms with Gasteiger partial charge in [0.2, 0.25) is 0 Å². The molecule has 1 fully saturated rings. The number of nitrogens with two attached hydrogens (primary N) is 1. The highest BCUT2D eigenvalue weighted by molar-refractivity contribution is 5.77. The SMILES string of the molecule is CC1CN(CCC(C)(N)C(=O)O)C(C)CO1. The molecule has 0 aliphatic carbocycles. The molecule has 3 unspecified atom stereocenters. The highest BCUT2D eigenvalue weighted by Gasteiger charge is 2.30. The lowest BCUT2D eigenvalue weighted by Gasteiger charge is -2.37. The van der Waals surface area contributed by atoms with E-state index in [1.54, 1.807) is 6.92 Å². The zero-order chi connectivity index (χ0) is 12.3. The molecule has 16 heavy (non-hydrogen) atoms. The maximum Gasteiger partial charge on any atom is 0.323 e. The van der Waals surface area contributed by atoms with Gasteiger partial charge >= 0.3 is 5.97 Å². The van der Waals surface area contributed by atoms with Gasteiger partial charge in [-0.1, -0.05) is 0 Å². The van der Waals surface area contributed by atoms with Crippen LogP contribution in [0.5, 0.6) is 0 Å². The molecule has 0 spiro atoms. The molecule has 1 heterocycles. The second-order valence-electron chi connectivity index (χ2n) is 4.96. The number of hydrogen-bond donors (Lipinski definition) is 2. The van der Waals surface area contributed by atoms with Gasteiger partial charge in [0, 0.05) is 19.1 Å². The van der Waals surface area contributed by atoms with Gasteiger partial charge < -0.3 is 15.6 Å². The maximum absolute atomic E-state index is 10.9. The van der Waals surface area contributed by atoms with E-state index < -0.39 is 11.5 Å². The summed E-state index contributed by atoms with van der Waals surface area (Å²) in [5.41, 5.74) is 4.56. The molecule has 94 valence electrons. The van der Waals surface area contributed by atoms with Crippen LogP contribution in [-0.2, 0) is 9.53 Å². The van der Waals surface area contributed by atoms with Crippen LogP contribution in [-0.4, -0.2) is 53.4 Å². The van der Waals surface area contributed by atoms with Gasteiger partial charge in [-0.15, -0.1) is 0 Å². The largest absolute Gasteiger partial charge is 0.480 e. The Kier molecular flexibility index (Phi) is 4.29. The Morgan fingerprint density at radius 2 is 2.25 bits per heavy atom. The summed E-state index contributed by atoms with van der Waals surface area (Å²) in [6.45, 7) is 7.92. The molecular formula is C11H22N2O3. The lowest BCUT2D eigenvalue weighted by Crippen LogP contribution is -2.52. The molecular weight excluding hydrogens is 208 g/mol. The maximum atomic E-state index is 10.9. The van der Waals surface area contributed by atoms with Crippen molar-refractivity contribution in [1.82, 2.24) is 4.90 Å². The van der Waals surface area contributed by atoms with Crippen molar-refractivity contribution in [3.05, 3.63) is 0 Å². The van der Waals surface area contributed by atoms with Crippen molar-refractivity contribution in [2.24, 2.45) is 5.73 Å². The van der Waals surface area contributed by atoms with Gasteiger partial charge in [-0.25, -0.2) is 0 Å². The first-order valence-corrected chi connectivity index (χ1v) is 5.71. The van der Waals surface area contributed by atoms with Crippen LogP contribution < -0.4 is 5.73 Å². The van der Waals surface area contributed by atoms with E-state index >= 15 is 0 Å². The van der Waals surface area contributed by atoms with E-state index in [-0.39, 0.29) is 6.10 Å². The van der Waals surface area contributed by atoms with E-state index in [1.807, 2.05) is 6.92 Å². The number of hydrogen-bond acceptors (Lipinski definition) is 4. The topological polar surface area (TPSA) is 75.8 Å². The number of carboxylic acid groups (broad SMARTS) is 1. The number of carboxylic acids is 1. The van der Waals surface area contributed by atoms with E-state index in [9.17, 15) is 4.79 Å². The Balaban J connectivity index is 2.44. The minimum atomic E-state index is -1.14. The van der Waals surface area contributed by atoms with Gasteiger partial charge in [0.25, 0.3) is 0 Å². The zero-order valence-electron chi connectivity index (χ0n) is 10.3. The number of ether oxygens (including phenoxy) is 1. The Morgan fingerprint density at radius 1 is 1.62 bits per heavy atom. The quantitative estimate of drug-likeness (QED) is 0.726. The average Bonchev–Trinajstić information content (AvgIpc) is 2.19. The molecule has 1 rings (SSSR count). The first kappa shape index (κ1) is 13.4. The summed E-state index contributed by atoms with van der Waals surface area (Å²) in [6.07, 6.45) is 0.671. The standard InChI is InChI=1S/C11H22N2O3/c1-8-7-16-9(2)6-13(8)5-4-11(3,12)10(14)15/h8-9H,4-7,12H2,1-3H3,(H,14,15). The van der Waals surface area contributed by atoms with Gasteiger partial charge in [0.15, 0.2) is 0 Å². The molecule has 0 aromatic heterocycles. The van der Waals surface area contributed by atoms with E-state index in [0.717, 1.165) is 6.54 Å². The lowest BCUT2D eigenvalue weighted by atomic mass is 9.99. The van der Waals surface area contributed by atoms with Crippen LogP contribution in [0.15, 0.2) is 0 Å². The first-order chi connectivity index (χ1) is 7.33. The fourth-order valence-corrected chi connectivity index (χ4v) is 1.77. The van der Waals surface area contributed by atoms with E-state index in [0.29, 0.717) is 25.6 Å². The van der Waals surface area contributed by atoms with E-state index in [1.165, 1.54) is 0 Å². The Morgan fingerprint density at radius 3 is 2.81 bits per heavy atom. The minimum Gasteiger partial charge on any atom is -0.480 e. The van der Waals surface area contributed by atoms with Crippen LogP contribution in [0.2, 0.25) is 0 Å². The summed E-state index contributed by atoms with van der Waals surface area (Å²) in [5.74, 6) is -0.943. The summed E-state index contributed by atoms with van der Waals surface area (Å²) in [4.78, 5) is 13.1. The van der Waals surface area contributed by atoms with Crippen molar-refractivity contribution < 1.29 is 14.6 Å². The molecule has 0 saturated carbocycles. The van der Waals surface area contributed by atoms with Crippen LogP contribution in [0.25, 0.3) is 0 Å². The van der Waals surface area contributed by atoms with Crippen molar-refractivity contribution in [3.63, 3.8) is 0 Å². The molecule has 0 aromatic carbocycles. The van der Waals surface area contributed by atoms with Crippen LogP contribution in [0.4, 0.5) is 0 Å². The number of morpholine rings is 1. The number of aliphatic carboxylic acids is 1. The van der Waals surface area contributed by atoms with Crippen molar-refractivity contribution in [1.29, 1.82) is 0 Å². The zero-order valence-corrected chi connectivity index (χ0v) is 10.3. The van der Waals surface area contributed by atoms with Crippen molar-refractivity contribution >= 4 is 5.97 Å². The van der Waals surface area contributed by atoms with E-state index in [4.69, 9.17) is 15.6 Å². The van der Waals surface area contributed by atoms with Gasteiger partial charge in [-0.2, -0.15) is 0 Å². The molecule has 0 radical (unpaired) electrons. The highest BCUT2D eigenvalue weighted by atomic mass is 16.5. The summed E-state index contributed by atoms with van der Waals surface area (Å²) >= 11 is 0. The van der Waals surface area contributed by atoms with Crippen LogP contribution in [0, 0.1) is 0 Å². The summed E-state index contributed by atoms with van der Waals surface area (Å²) < 4.78 is 5.51. The van der Waals surface area contributed by atoms with Gasteiger partial charge in [0.05, 0.1) is 12.7 Å². The van der Waals surface area contributed by atoms with Crippen molar-refractivity contribution in [3.8, 4) is 0 Å². The first-order valence-electron chi connectivity index (χ1n) is 5.71. The molecule has 0 bridgehead atoms. The predicted octanol–water partition coefficient (Wildman–Crippen LogP) is 0.288. The summed E-state index contributed by atoms with van der Waals surface area (Å²) in [5, 5.41) is 8.92. The third kappa shape index (κ3) is 3.43. The molecule has 1 saturated heterocycles. The Labute approximate surface area is 96.6 Å². The van der Waals surface area contributed by atoms with Gasteiger partial charge in [0.1, 0.15) is 5.54 Å². The lowest BCUT2D eigenvalue weighted by molar-refractivity contribution is -0.143. The smallest absolute Gasteiger partial charge is 0.323 e. The van der Waals surface area contributed by atoms with Crippen LogP contribution in [0.3, 0.4) is 0 Å². The van der Waals surface area contributed by atoms with Crippen LogP contribution in [0.1, 0.15) is 27.2 Å². The Hall–Kier alpha value is -0.650. The third-order valence-corrected chi connectivity index (χ3v) is 3.14. The summed E-state index contributed by atoms with van der Waals surface area (Å²) in [7, 11) is 0. The second kappa shape index (κ2) is 5.12. The molecule has 5 heteroatoms. The molecule has 3 N–H and O–H groups in total. The Bertz CT molecular complexity index is 256. The van der Waals surface area contributed by atoms with E-state index in [2.05, 4.69) is 11.8 Å². The fourth-order valence-electron chi connectivity index (χ4n) is 1.77. The van der Waals surface area contributed by atoms with Gasteiger partial charge in [-0.3, -0.25) is 9.69 Å². The van der Waals surface area contributed by atoms with Crippen molar-refractivity contribution in [2.75, 3.05) is 19.7 Å². The molecule has 1 aliphatic rings. The summed E-state index contributed by atoms with van der Waals surface area (Å²) in [6, 6.07) is 0.334. The molecule has 1 aliphatic heterocycles. The second-order valence-corrected chi connectivity index (χ2v) is 4.96. The minimum absolute atomic E-state index is 0.213. The molecule has 3 atom stereocenters. The van der Waals surface area contributed by atoms with Gasteiger partial charge in [-0.05, 0) is 27.2 Å². The molecule has 0 aromatic rings. The van der Waals surface area contributed by atoms with Crippen molar-refractivity contribution in [2.45, 2.75) is 44.9 Å². The number of nitrogens with zero attached hydrogens (tertiary/aromatic N) is 1. The fraction of sp³-hybridized carbons (Fsp3) is 0.909.